The van der Waals surface area contributed by atoms with Crippen LogP contribution in [0.15, 0.2) is 53.1 Å². The standard InChI is InChI=1S/C19H18N2O6S/c1-12(22)21-14(11-28-18(21)15-8-5-9-26-15)19(25)27-10-16(23)20-17(24)13-6-3-2-4-7-13/h2-9,14,18H,10-11H2,1H3,(H,20,23,24)/t14-,18-/m1/s1. The van der Waals surface area contributed by atoms with Gasteiger partial charge in [-0.25, -0.2) is 4.79 Å². The lowest BCUT2D eigenvalue weighted by atomic mass is 10.2. The molecule has 1 N–H and O–H groups in total. The predicted molar refractivity (Wildman–Crippen MR) is 100 cm³/mol. The number of nitrogens with zero attached hydrogens (tertiary/aromatic N) is 1. The van der Waals surface area contributed by atoms with Gasteiger partial charge in [-0.15, -0.1) is 11.8 Å². The van der Waals surface area contributed by atoms with Crippen molar-refractivity contribution in [1.82, 2.24) is 10.2 Å². The zero-order valence-corrected chi connectivity index (χ0v) is 15.8. The summed E-state index contributed by atoms with van der Waals surface area (Å²) in [7, 11) is 0. The number of esters is 1. The number of hydrogen-bond acceptors (Lipinski definition) is 7. The molecular formula is C19H18N2O6S. The second kappa shape index (κ2) is 8.75. The van der Waals surface area contributed by atoms with Crippen LogP contribution in [0.2, 0.25) is 0 Å². The number of ether oxygens (including phenoxy) is 1. The van der Waals surface area contributed by atoms with Crippen molar-refractivity contribution in [2.75, 3.05) is 12.4 Å². The third-order valence-corrected chi connectivity index (χ3v) is 5.34. The molecule has 1 aromatic heterocycles. The fourth-order valence-corrected chi connectivity index (χ4v) is 4.20. The molecule has 9 heteroatoms. The van der Waals surface area contributed by atoms with E-state index < -0.39 is 35.8 Å². The van der Waals surface area contributed by atoms with Gasteiger partial charge in [0.2, 0.25) is 5.91 Å². The Kier molecular flexibility index (Phi) is 6.15. The van der Waals surface area contributed by atoms with Gasteiger partial charge in [0.25, 0.3) is 11.8 Å². The molecular weight excluding hydrogens is 384 g/mol. The van der Waals surface area contributed by atoms with Gasteiger partial charge in [0.1, 0.15) is 17.2 Å². The minimum absolute atomic E-state index is 0.308. The summed E-state index contributed by atoms with van der Waals surface area (Å²) in [6, 6.07) is 10.8. The fourth-order valence-electron chi connectivity index (χ4n) is 2.78. The van der Waals surface area contributed by atoms with Crippen LogP contribution in [0.5, 0.6) is 0 Å². The van der Waals surface area contributed by atoms with Gasteiger partial charge in [-0.1, -0.05) is 18.2 Å². The molecule has 0 saturated carbocycles. The van der Waals surface area contributed by atoms with Crippen LogP contribution in [0.1, 0.15) is 28.4 Å². The van der Waals surface area contributed by atoms with Gasteiger partial charge in [-0.05, 0) is 24.3 Å². The summed E-state index contributed by atoms with van der Waals surface area (Å²) in [4.78, 5) is 49.7. The van der Waals surface area contributed by atoms with Crippen molar-refractivity contribution in [3.8, 4) is 0 Å². The molecule has 0 bridgehead atoms. The molecule has 1 fully saturated rings. The Morgan fingerprint density at radius 1 is 1.18 bits per heavy atom. The van der Waals surface area contributed by atoms with E-state index in [1.807, 2.05) is 0 Å². The number of amides is 3. The van der Waals surface area contributed by atoms with Crippen LogP contribution in [0.4, 0.5) is 0 Å². The van der Waals surface area contributed by atoms with Gasteiger partial charge >= 0.3 is 5.97 Å². The number of hydrogen-bond donors (Lipinski definition) is 1. The number of imide groups is 1. The molecule has 3 amide bonds. The topological polar surface area (TPSA) is 106 Å². The molecule has 1 saturated heterocycles. The van der Waals surface area contributed by atoms with E-state index in [0.717, 1.165) is 0 Å². The van der Waals surface area contributed by atoms with Crippen LogP contribution < -0.4 is 5.32 Å². The summed E-state index contributed by atoms with van der Waals surface area (Å²) in [5.74, 6) is -1.47. The molecule has 8 nitrogen and oxygen atoms in total. The molecule has 146 valence electrons. The van der Waals surface area contributed by atoms with Crippen molar-refractivity contribution < 1.29 is 28.3 Å². The Balaban J connectivity index is 1.56. The third-order valence-electron chi connectivity index (χ3n) is 4.06. The van der Waals surface area contributed by atoms with Crippen molar-refractivity contribution >= 4 is 35.5 Å². The number of furan rings is 1. The Labute approximate surface area is 165 Å². The van der Waals surface area contributed by atoms with Gasteiger partial charge in [0.05, 0.1) is 6.26 Å². The highest BCUT2D eigenvalue weighted by atomic mass is 32.2. The molecule has 0 spiro atoms. The van der Waals surface area contributed by atoms with E-state index in [1.165, 1.54) is 29.8 Å². The average molecular weight is 402 g/mol. The second-order valence-corrected chi connectivity index (χ2v) is 7.11. The molecule has 2 aromatic rings. The van der Waals surface area contributed by atoms with Gasteiger partial charge in [-0.3, -0.25) is 19.7 Å². The molecule has 1 aromatic carbocycles. The lowest BCUT2D eigenvalue weighted by Crippen LogP contribution is -2.44. The summed E-state index contributed by atoms with van der Waals surface area (Å²) < 4.78 is 10.4. The summed E-state index contributed by atoms with van der Waals surface area (Å²) in [5.41, 5.74) is 0.318. The third kappa shape index (κ3) is 4.42. The Morgan fingerprint density at radius 2 is 1.93 bits per heavy atom. The van der Waals surface area contributed by atoms with Crippen molar-refractivity contribution in [3.05, 3.63) is 60.1 Å². The summed E-state index contributed by atoms with van der Waals surface area (Å²) in [6.45, 7) is 0.739. The van der Waals surface area contributed by atoms with Gasteiger partial charge in [0, 0.05) is 18.2 Å². The number of benzene rings is 1. The average Bonchev–Trinajstić information content (AvgIpc) is 3.36. The van der Waals surface area contributed by atoms with Crippen LogP contribution in [0.3, 0.4) is 0 Å². The zero-order chi connectivity index (χ0) is 20.1. The maximum Gasteiger partial charge on any atom is 0.330 e. The van der Waals surface area contributed by atoms with Gasteiger partial charge in [-0.2, -0.15) is 0 Å². The van der Waals surface area contributed by atoms with Crippen molar-refractivity contribution in [2.45, 2.75) is 18.3 Å². The van der Waals surface area contributed by atoms with E-state index in [9.17, 15) is 19.2 Å². The summed E-state index contributed by atoms with van der Waals surface area (Å²) >= 11 is 1.37. The van der Waals surface area contributed by atoms with Gasteiger partial charge < -0.3 is 14.1 Å². The smallest absolute Gasteiger partial charge is 0.330 e. The largest absolute Gasteiger partial charge is 0.466 e. The second-order valence-electron chi connectivity index (χ2n) is 5.99. The first-order chi connectivity index (χ1) is 13.5. The minimum Gasteiger partial charge on any atom is -0.466 e. The van der Waals surface area contributed by atoms with Crippen LogP contribution in [-0.2, 0) is 19.1 Å². The molecule has 3 rings (SSSR count). The van der Waals surface area contributed by atoms with Crippen molar-refractivity contribution in [1.29, 1.82) is 0 Å². The molecule has 0 aliphatic carbocycles. The molecule has 2 atom stereocenters. The number of carbonyl (C=O) groups excluding carboxylic acids is 4. The number of carbonyl (C=O) groups is 4. The Bertz CT molecular complexity index is 868. The molecule has 1 aliphatic heterocycles. The lowest BCUT2D eigenvalue weighted by molar-refractivity contribution is -0.156. The maximum absolute atomic E-state index is 12.4. The molecule has 0 unspecified atom stereocenters. The first-order valence-electron chi connectivity index (χ1n) is 8.47. The first-order valence-corrected chi connectivity index (χ1v) is 9.52. The first kappa shape index (κ1) is 19.7. The predicted octanol–water partition coefficient (Wildman–Crippen LogP) is 1.74. The lowest BCUT2D eigenvalue weighted by Gasteiger charge is -2.25. The van der Waals surface area contributed by atoms with Crippen molar-refractivity contribution in [2.24, 2.45) is 0 Å². The van der Waals surface area contributed by atoms with Crippen LogP contribution in [0, 0.1) is 0 Å². The van der Waals surface area contributed by atoms with Crippen LogP contribution >= 0.6 is 11.8 Å². The van der Waals surface area contributed by atoms with Crippen molar-refractivity contribution in [3.63, 3.8) is 0 Å². The van der Waals surface area contributed by atoms with Crippen LogP contribution in [0.25, 0.3) is 0 Å². The highest BCUT2D eigenvalue weighted by Crippen LogP contribution is 2.41. The normalized spacial score (nSPS) is 18.5. The monoisotopic (exact) mass is 402 g/mol. The quantitative estimate of drug-likeness (QED) is 0.760. The SMILES string of the molecule is CC(=O)N1[C@@H](C(=O)OCC(=O)NC(=O)c2ccccc2)CS[C@@H]1c1ccco1. The maximum atomic E-state index is 12.4. The highest BCUT2D eigenvalue weighted by Gasteiger charge is 2.43. The molecule has 0 radical (unpaired) electrons. The highest BCUT2D eigenvalue weighted by molar-refractivity contribution is 7.99. The number of rotatable bonds is 5. The van der Waals surface area contributed by atoms with E-state index in [2.05, 4.69) is 5.32 Å². The number of nitrogens with one attached hydrogen (secondary N) is 1. The molecule has 1 aliphatic rings. The summed E-state index contributed by atoms with van der Waals surface area (Å²) in [5, 5.41) is 1.72. The number of thioether (sulfide) groups is 1. The van der Waals surface area contributed by atoms with Gasteiger partial charge in [0.15, 0.2) is 6.61 Å². The minimum atomic E-state index is -0.838. The molecule has 28 heavy (non-hydrogen) atoms. The van der Waals surface area contributed by atoms with E-state index in [4.69, 9.17) is 9.15 Å². The van der Waals surface area contributed by atoms with E-state index in [0.29, 0.717) is 17.1 Å². The zero-order valence-electron chi connectivity index (χ0n) is 15.0. The fraction of sp³-hybridized carbons (Fsp3) is 0.263. The summed E-state index contributed by atoms with van der Waals surface area (Å²) in [6.07, 6.45) is 1.49. The Morgan fingerprint density at radius 3 is 2.57 bits per heavy atom. The van der Waals surface area contributed by atoms with E-state index in [-0.39, 0.29) is 5.91 Å². The molecule has 2 heterocycles. The van der Waals surface area contributed by atoms with E-state index >= 15 is 0 Å². The van der Waals surface area contributed by atoms with E-state index in [1.54, 1.807) is 42.5 Å². The Hall–Kier alpha value is -3.07. The van der Waals surface area contributed by atoms with Crippen LogP contribution in [-0.4, -0.2) is 47.0 Å².